The summed E-state index contributed by atoms with van der Waals surface area (Å²) < 4.78 is 22.9. The number of fused-ring (bicyclic) bond motifs is 1. The molecule has 220 valence electrons. The number of aromatic nitrogens is 3. The number of hydrogen-bond acceptors (Lipinski definition) is 7. The molecule has 5 aromatic rings. The highest BCUT2D eigenvalue weighted by Crippen LogP contribution is 2.32. The van der Waals surface area contributed by atoms with Crippen molar-refractivity contribution in [3.05, 3.63) is 146 Å². The zero-order chi connectivity index (χ0) is 30.8. The number of para-hydroxylation sites is 1. The standard InChI is InChI=1S/C34H27FN4O3S2/c1-4-18-42-33(41)29-21(2)36-34-39(31(29)23-12-16-27(43-3)17-13-23)32(40)28(44-34)19-24-20-38(26-8-6-5-7-9-26)37-30(24)22-10-14-25(35)15-11-22/h4-17,19-20,31H,1,18H2,2-3H3. The number of hydrogen-bond donors (Lipinski definition) is 0. The van der Waals surface area contributed by atoms with Gasteiger partial charge in [0.05, 0.1) is 27.5 Å². The van der Waals surface area contributed by atoms with Gasteiger partial charge in [-0.05, 0) is 73.3 Å². The Hall–Kier alpha value is -4.80. The first-order valence-corrected chi connectivity index (χ1v) is 15.8. The number of rotatable bonds is 8. The maximum Gasteiger partial charge on any atom is 0.338 e. The van der Waals surface area contributed by atoms with Crippen LogP contribution in [0.1, 0.15) is 24.1 Å². The van der Waals surface area contributed by atoms with Gasteiger partial charge in [-0.2, -0.15) is 5.10 Å². The predicted octanol–water partition coefficient (Wildman–Crippen LogP) is 5.68. The van der Waals surface area contributed by atoms with E-state index in [9.17, 15) is 14.0 Å². The number of carbonyl (C=O) groups is 1. The summed E-state index contributed by atoms with van der Waals surface area (Å²) in [6.45, 7) is 5.43. The van der Waals surface area contributed by atoms with E-state index >= 15 is 0 Å². The SMILES string of the molecule is C=CCOC(=O)C1=C(C)N=c2sc(=Cc3cn(-c4ccccc4)nc3-c3ccc(F)cc3)c(=O)n2C1c1ccc(SC)cc1. The van der Waals surface area contributed by atoms with Crippen LogP contribution >= 0.6 is 23.1 Å². The molecule has 0 saturated carbocycles. The van der Waals surface area contributed by atoms with Gasteiger partial charge in [-0.3, -0.25) is 9.36 Å². The Morgan fingerprint density at radius 2 is 1.82 bits per heavy atom. The monoisotopic (exact) mass is 622 g/mol. The molecule has 3 aromatic carbocycles. The molecule has 0 radical (unpaired) electrons. The zero-order valence-corrected chi connectivity index (χ0v) is 25.6. The summed E-state index contributed by atoms with van der Waals surface area (Å²) >= 11 is 2.84. The van der Waals surface area contributed by atoms with Crippen LogP contribution in [0.3, 0.4) is 0 Å². The first-order valence-electron chi connectivity index (χ1n) is 13.7. The minimum absolute atomic E-state index is 0.0374. The highest BCUT2D eigenvalue weighted by atomic mass is 32.2. The fourth-order valence-corrected chi connectivity index (χ4v) is 6.52. The third-order valence-electron chi connectivity index (χ3n) is 7.17. The lowest BCUT2D eigenvalue weighted by atomic mass is 9.96. The van der Waals surface area contributed by atoms with Gasteiger partial charge in [-0.1, -0.05) is 54.3 Å². The summed E-state index contributed by atoms with van der Waals surface area (Å²) in [4.78, 5) is 33.7. The Kier molecular flexibility index (Phi) is 8.28. The average Bonchev–Trinajstić information content (AvgIpc) is 3.60. The zero-order valence-electron chi connectivity index (χ0n) is 23.9. The van der Waals surface area contributed by atoms with Crippen LogP contribution < -0.4 is 14.9 Å². The molecule has 10 heteroatoms. The minimum atomic E-state index is -0.731. The fraction of sp³-hybridized carbons (Fsp3) is 0.118. The second kappa shape index (κ2) is 12.4. The summed E-state index contributed by atoms with van der Waals surface area (Å²) in [7, 11) is 0. The Morgan fingerprint density at radius 3 is 2.50 bits per heavy atom. The van der Waals surface area contributed by atoms with Gasteiger partial charge in [-0.25, -0.2) is 18.9 Å². The summed E-state index contributed by atoms with van der Waals surface area (Å²) in [6, 6.07) is 22.7. The predicted molar refractivity (Wildman–Crippen MR) is 172 cm³/mol. The van der Waals surface area contributed by atoms with Crippen LogP contribution in [0.15, 0.2) is 124 Å². The quantitative estimate of drug-likeness (QED) is 0.127. The second-order valence-corrected chi connectivity index (χ2v) is 11.9. The number of carbonyl (C=O) groups excluding carboxylic acids is 1. The number of halogens is 1. The molecular formula is C34H27FN4O3S2. The minimum Gasteiger partial charge on any atom is -0.458 e. The molecule has 7 nitrogen and oxygen atoms in total. The van der Waals surface area contributed by atoms with Gasteiger partial charge in [0, 0.05) is 22.2 Å². The molecule has 0 bridgehead atoms. The molecule has 0 spiro atoms. The van der Waals surface area contributed by atoms with E-state index in [4.69, 9.17) is 9.84 Å². The van der Waals surface area contributed by atoms with E-state index in [-0.39, 0.29) is 18.0 Å². The van der Waals surface area contributed by atoms with Crippen molar-refractivity contribution >= 4 is 35.1 Å². The van der Waals surface area contributed by atoms with E-state index in [1.54, 1.807) is 46.1 Å². The van der Waals surface area contributed by atoms with Gasteiger partial charge in [-0.15, -0.1) is 11.8 Å². The lowest BCUT2D eigenvalue weighted by molar-refractivity contribution is -0.138. The van der Waals surface area contributed by atoms with Gasteiger partial charge in [0.2, 0.25) is 0 Å². The van der Waals surface area contributed by atoms with Gasteiger partial charge in [0.25, 0.3) is 5.56 Å². The van der Waals surface area contributed by atoms with Gasteiger partial charge >= 0.3 is 5.97 Å². The van der Waals surface area contributed by atoms with Gasteiger partial charge in [0.15, 0.2) is 4.80 Å². The van der Waals surface area contributed by atoms with Crippen molar-refractivity contribution in [2.45, 2.75) is 17.9 Å². The number of benzene rings is 3. The van der Waals surface area contributed by atoms with Crippen LogP contribution in [-0.4, -0.2) is 33.2 Å². The largest absolute Gasteiger partial charge is 0.458 e. The average molecular weight is 623 g/mol. The number of thioether (sulfide) groups is 1. The number of nitrogens with zero attached hydrogens (tertiary/aromatic N) is 4. The molecule has 6 rings (SSSR count). The van der Waals surface area contributed by atoms with Crippen molar-refractivity contribution < 1.29 is 13.9 Å². The first-order chi connectivity index (χ1) is 21.4. The van der Waals surface area contributed by atoms with Crippen molar-refractivity contribution in [3.8, 4) is 16.9 Å². The maximum atomic E-state index is 14.2. The maximum absolute atomic E-state index is 14.2. The summed E-state index contributed by atoms with van der Waals surface area (Å²) in [6.07, 6.45) is 7.10. The topological polar surface area (TPSA) is 78.5 Å². The van der Waals surface area contributed by atoms with Crippen molar-refractivity contribution in [3.63, 3.8) is 0 Å². The highest BCUT2D eigenvalue weighted by Gasteiger charge is 2.33. The van der Waals surface area contributed by atoms with E-state index in [0.717, 1.165) is 16.1 Å². The Labute approximate surface area is 261 Å². The summed E-state index contributed by atoms with van der Waals surface area (Å²) in [5.74, 6) is -0.906. The van der Waals surface area contributed by atoms with E-state index in [1.165, 1.54) is 29.5 Å². The molecule has 1 aliphatic rings. The van der Waals surface area contributed by atoms with Gasteiger partial charge < -0.3 is 4.74 Å². The van der Waals surface area contributed by atoms with Crippen molar-refractivity contribution in [1.29, 1.82) is 0 Å². The van der Waals surface area contributed by atoms with Gasteiger partial charge in [0.1, 0.15) is 18.1 Å². The molecule has 2 aromatic heterocycles. The van der Waals surface area contributed by atoms with E-state index in [1.807, 2.05) is 67.0 Å². The van der Waals surface area contributed by atoms with Crippen molar-refractivity contribution in [2.75, 3.05) is 12.9 Å². The molecule has 1 atom stereocenters. The molecule has 0 amide bonds. The first kappa shape index (κ1) is 29.3. The second-order valence-electron chi connectivity index (χ2n) is 9.96. The van der Waals surface area contributed by atoms with Crippen LogP contribution in [0.4, 0.5) is 4.39 Å². The van der Waals surface area contributed by atoms with E-state index in [0.29, 0.717) is 37.4 Å². The number of esters is 1. The molecular weight excluding hydrogens is 596 g/mol. The van der Waals surface area contributed by atoms with E-state index < -0.39 is 12.0 Å². The summed E-state index contributed by atoms with van der Waals surface area (Å²) in [5, 5.41) is 4.80. The Bertz CT molecular complexity index is 2080. The van der Waals surface area contributed by atoms with Crippen LogP contribution in [-0.2, 0) is 9.53 Å². The van der Waals surface area contributed by atoms with Crippen molar-refractivity contribution in [2.24, 2.45) is 4.99 Å². The molecule has 44 heavy (non-hydrogen) atoms. The lowest BCUT2D eigenvalue weighted by Gasteiger charge is -2.24. The molecule has 0 saturated heterocycles. The third kappa shape index (κ3) is 5.61. The Morgan fingerprint density at radius 1 is 1.09 bits per heavy atom. The lowest BCUT2D eigenvalue weighted by Crippen LogP contribution is -2.39. The van der Waals surface area contributed by atoms with Crippen LogP contribution in [0.2, 0.25) is 0 Å². The fourth-order valence-electron chi connectivity index (χ4n) is 5.08. The molecule has 0 aliphatic carbocycles. The van der Waals surface area contributed by atoms with Crippen molar-refractivity contribution in [1.82, 2.24) is 14.3 Å². The van der Waals surface area contributed by atoms with Crippen LogP contribution in [0.25, 0.3) is 23.0 Å². The smallest absolute Gasteiger partial charge is 0.338 e. The molecule has 0 N–H and O–H groups in total. The highest BCUT2D eigenvalue weighted by molar-refractivity contribution is 7.98. The number of ether oxygens (including phenoxy) is 1. The Balaban J connectivity index is 1.54. The molecule has 0 fully saturated rings. The van der Waals surface area contributed by atoms with Crippen LogP contribution in [0, 0.1) is 5.82 Å². The molecule has 1 unspecified atom stereocenters. The van der Waals surface area contributed by atoms with E-state index in [2.05, 4.69) is 11.6 Å². The van der Waals surface area contributed by atoms with Crippen LogP contribution in [0.5, 0.6) is 0 Å². The number of allylic oxidation sites excluding steroid dienone is 1. The number of thiazole rings is 1. The summed E-state index contributed by atoms with van der Waals surface area (Å²) in [5.41, 5.74) is 4.05. The normalized spacial score (nSPS) is 14.7. The molecule has 1 aliphatic heterocycles. The molecule has 3 heterocycles. The third-order valence-corrected chi connectivity index (χ3v) is 8.90.